The lowest BCUT2D eigenvalue weighted by Crippen LogP contribution is -2.41. The fourth-order valence-corrected chi connectivity index (χ4v) is 5.04. The summed E-state index contributed by atoms with van der Waals surface area (Å²) in [6.07, 6.45) is 3.05. The van der Waals surface area contributed by atoms with Crippen molar-refractivity contribution in [3.63, 3.8) is 0 Å². The van der Waals surface area contributed by atoms with Crippen molar-refractivity contribution in [2.75, 3.05) is 22.9 Å². The van der Waals surface area contributed by atoms with Crippen molar-refractivity contribution in [3.05, 3.63) is 54.1 Å². The van der Waals surface area contributed by atoms with E-state index in [0.717, 1.165) is 36.4 Å². The van der Waals surface area contributed by atoms with E-state index >= 15 is 0 Å². The van der Waals surface area contributed by atoms with Crippen LogP contribution in [-0.4, -0.2) is 35.2 Å². The van der Waals surface area contributed by atoms with Gasteiger partial charge in [0.15, 0.2) is 0 Å². The minimum absolute atomic E-state index is 0.00534. The SMILES string of the molecule is CC[C@H](c1ccccc1)[C@H]1CCCN1C(=O)Nc1ccc2c(c1)NC(=O)CS2. The monoisotopic (exact) mass is 395 g/mol. The molecule has 0 aromatic heterocycles. The highest BCUT2D eigenvalue weighted by molar-refractivity contribution is 8.00. The quantitative estimate of drug-likeness (QED) is 0.772. The molecule has 0 unspecified atom stereocenters. The fraction of sp³-hybridized carbons (Fsp3) is 0.364. The molecule has 1 saturated heterocycles. The van der Waals surface area contributed by atoms with Crippen LogP contribution in [0.4, 0.5) is 16.2 Å². The Hall–Kier alpha value is -2.47. The largest absolute Gasteiger partial charge is 0.324 e. The number of anilines is 2. The molecule has 2 heterocycles. The van der Waals surface area contributed by atoms with Gasteiger partial charge in [0.2, 0.25) is 5.91 Å². The second-order valence-electron chi connectivity index (χ2n) is 7.31. The number of carbonyl (C=O) groups is 2. The van der Waals surface area contributed by atoms with Gasteiger partial charge in [-0.1, -0.05) is 37.3 Å². The third-order valence-electron chi connectivity index (χ3n) is 5.56. The molecule has 0 spiro atoms. The Morgan fingerprint density at radius 3 is 2.89 bits per heavy atom. The second kappa shape index (κ2) is 8.27. The number of amides is 3. The molecule has 3 amide bonds. The average Bonchev–Trinajstić information content (AvgIpc) is 3.19. The van der Waals surface area contributed by atoms with E-state index in [4.69, 9.17) is 0 Å². The predicted octanol–water partition coefficient (Wildman–Crippen LogP) is 4.92. The first kappa shape index (κ1) is 18.9. The van der Waals surface area contributed by atoms with Gasteiger partial charge in [0.05, 0.1) is 11.4 Å². The van der Waals surface area contributed by atoms with Crippen LogP contribution in [0.5, 0.6) is 0 Å². The Morgan fingerprint density at radius 1 is 1.29 bits per heavy atom. The minimum atomic E-state index is -0.0633. The molecule has 5 nitrogen and oxygen atoms in total. The Balaban J connectivity index is 1.49. The fourth-order valence-electron chi connectivity index (χ4n) is 4.25. The lowest BCUT2D eigenvalue weighted by Gasteiger charge is -2.32. The van der Waals surface area contributed by atoms with E-state index in [9.17, 15) is 9.59 Å². The summed E-state index contributed by atoms with van der Waals surface area (Å²) in [5.41, 5.74) is 2.78. The zero-order chi connectivity index (χ0) is 19.5. The third-order valence-corrected chi connectivity index (χ3v) is 6.63. The molecule has 6 heteroatoms. The number of nitrogens with one attached hydrogen (secondary N) is 2. The molecule has 2 atom stereocenters. The van der Waals surface area contributed by atoms with Gasteiger partial charge in [-0.3, -0.25) is 4.79 Å². The Bertz CT molecular complexity index is 871. The van der Waals surface area contributed by atoms with Crippen molar-refractivity contribution in [2.24, 2.45) is 0 Å². The molecule has 2 aliphatic heterocycles. The van der Waals surface area contributed by atoms with Crippen molar-refractivity contribution in [3.8, 4) is 0 Å². The summed E-state index contributed by atoms with van der Waals surface area (Å²) < 4.78 is 0. The number of rotatable bonds is 4. The third kappa shape index (κ3) is 3.87. The summed E-state index contributed by atoms with van der Waals surface area (Å²) in [5, 5.41) is 5.91. The average molecular weight is 396 g/mol. The molecular formula is C22H25N3O2S. The van der Waals surface area contributed by atoms with Crippen LogP contribution in [0.3, 0.4) is 0 Å². The molecule has 2 aromatic rings. The number of fused-ring (bicyclic) bond motifs is 1. The van der Waals surface area contributed by atoms with Gasteiger partial charge >= 0.3 is 6.03 Å². The van der Waals surface area contributed by atoms with Gasteiger partial charge in [0, 0.05) is 29.1 Å². The van der Waals surface area contributed by atoms with Crippen molar-refractivity contribution < 1.29 is 9.59 Å². The summed E-state index contributed by atoms with van der Waals surface area (Å²) >= 11 is 1.52. The number of nitrogens with zero attached hydrogens (tertiary/aromatic N) is 1. The minimum Gasteiger partial charge on any atom is -0.324 e. The van der Waals surface area contributed by atoms with Crippen LogP contribution in [0, 0.1) is 0 Å². The molecule has 4 rings (SSSR count). The topological polar surface area (TPSA) is 61.4 Å². The predicted molar refractivity (Wildman–Crippen MR) is 114 cm³/mol. The van der Waals surface area contributed by atoms with Crippen LogP contribution in [0.15, 0.2) is 53.4 Å². The van der Waals surface area contributed by atoms with Crippen LogP contribution in [0.25, 0.3) is 0 Å². The van der Waals surface area contributed by atoms with E-state index in [1.807, 2.05) is 29.2 Å². The molecule has 2 aliphatic rings. The number of hydrogen-bond donors (Lipinski definition) is 2. The second-order valence-corrected chi connectivity index (χ2v) is 8.32. The summed E-state index contributed by atoms with van der Waals surface area (Å²) in [4.78, 5) is 27.7. The van der Waals surface area contributed by atoms with Gasteiger partial charge in [-0.15, -0.1) is 11.8 Å². The highest BCUT2D eigenvalue weighted by Crippen LogP contribution is 2.35. The zero-order valence-corrected chi connectivity index (χ0v) is 16.8. The maximum Gasteiger partial charge on any atom is 0.322 e. The Labute approximate surface area is 169 Å². The first-order chi connectivity index (χ1) is 13.7. The highest BCUT2D eigenvalue weighted by Gasteiger charge is 2.34. The molecule has 0 radical (unpaired) electrons. The maximum absolute atomic E-state index is 13.0. The number of urea groups is 1. The lowest BCUT2D eigenvalue weighted by molar-refractivity contribution is -0.113. The standard InChI is InChI=1S/C22H25N3O2S/c1-2-17(15-7-4-3-5-8-15)19-9-6-12-25(19)22(27)23-16-10-11-20-18(13-16)24-21(26)14-28-20/h3-5,7-8,10-11,13,17,19H,2,6,9,12,14H2,1H3,(H,23,27)(H,24,26)/t17-,19-/m1/s1. The van der Waals surface area contributed by atoms with Gasteiger partial charge in [0.1, 0.15) is 0 Å². The summed E-state index contributed by atoms with van der Waals surface area (Å²) in [7, 11) is 0. The van der Waals surface area contributed by atoms with Crippen LogP contribution < -0.4 is 10.6 Å². The van der Waals surface area contributed by atoms with E-state index < -0.39 is 0 Å². The van der Waals surface area contributed by atoms with Crippen molar-refractivity contribution in [2.45, 2.75) is 43.0 Å². The zero-order valence-electron chi connectivity index (χ0n) is 16.0. The van der Waals surface area contributed by atoms with E-state index in [1.165, 1.54) is 17.3 Å². The highest BCUT2D eigenvalue weighted by atomic mass is 32.2. The number of hydrogen-bond acceptors (Lipinski definition) is 3. The number of thioether (sulfide) groups is 1. The van der Waals surface area contributed by atoms with Gasteiger partial charge < -0.3 is 15.5 Å². The first-order valence-electron chi connectivity index (χ1n) is 9.85. The van der Waals surface area contributed by atoms with Crippen LogP contribution in [0.2, 0.25) is 0 Å². The molecule has 2 N–H and O–H groups in total. The number of likely N-dealkylation sites (tertiary alicyclic amines) is 1. The molecule has 0 bridgehead atoms. The van der Waals surface area contributed by atoms with Crippen molar-refractivity contribution in [1.29, 1.82) is 0 Å². The molecule has 146 valence electrons. The lowest BCUT2D eigenvalue weighted by atomic mass is 9.88. The van der Waals surface area contributed by atoms with E-state index in [1.54, 1.807) is 0 Å². The van der Waals surface area contributed by atoms with E-state index in [-0.39, 0.29) is 18.0 Å². The van der Waals surface area contributed by atoms with Crippen LogP contribution >= 0.6 is 11.8 Å². The van der Waals surface area contributed by atoms with Gasteiger partial charge in [-0.25, -0.2) is 4.79 Å². The van der Waals surface area contributed by atoms with Crippen LogP contribution in [0.1, 0.15) is 37.7 Å². The molecule has 2 aromatic carbocycles. The van der Waals surface area contributed by atoms with Gasteiger partial charge in [-0.2, -0.15) is 0 Å². The van der Waals surface area contributed by atoms with E-state index in [2.05, 4.69) is 41.8 Å². The maximum atomic E-state index is 13.0. The summed E-state index contributed by atoms with van der Waals surface area (Å²) in [5.74, 6) is 0.773. The van der Waals surface area contributed by atoms with Gasteiger partial charge in [0.25, 0.3) is 0 Å². The van der Waals surface area contributed by atoms with Crippen molar-refractivity contribution >= 4 is 35.1 Å². The van der Waals surface area contributed by atoms with E-state index in [0.29, 0.717) is 17.4 Å². The number of carbonyl (C=O) groups excluding carboxylic acids is 2. The smallest absolute Gasteiger partial charge is 0.322 e. The van der Waals surface area contributed by atoms with Crippen LogP contribution in [-0.2, 0) is 4.79 Å². The summed E-state index contributed by atoms with van der Waals surface area (Å²) in [6.45, 7) is 2.97. The molecular weight excluding hydrogens is 370 g/mol. The van der Waals surface area contributed by atoms with Gasteiger partial charge in [-0.05, 0) is 43.0 Å². The Morgan fingerprint density at radius 2 is 2.11 bits per heavy atom. The summed E-state index contributed by atoms with van der Waals surface area (Å²) in [6, 6.07) is 16.3. The normalized spacial score (nSPS) is 19.7. The Kier molecular flexibility index (Phi) is 5.57. The molecule has 1 fully saturated rings. The molecule has 0 saturated carbocycles. The number of benzene rings is 2. The van der Waals surface area contributed by atoms with Crippen molar-refractivity contribution in [1.82, 2.24) is 4.90 Å². The first-order valence-corrected chi connectivity index (χ1v) is 10.8. The molecule has 0 aliphatic carbocycles. The molecule has 28 heavy (non-hydrogen) atoms.